The van der Waals surface area contributed by atoms with Crippen LogP contribution in [-0.2, 0) is 26.7 Å². The molecule has 8 nitrogen and oxygen atoms in total. The molecule has 4 heterocycles. The number of alkyl halides is 3. The van der Waals surface area contributed by atoms with Crippen molar-refractivity contribution in [1.82, 2.24) is 29.6 Å². The van der Waals surface area contributed by atoms with Gasteiger partial charge in [-0.2, -0.15) is 23.4 Å². The molecule has 5 rings (SSSR count). The summed E-state index contributed by atoms with van der Waals surface area (Å²) < 4.78 is 48.2. The van der Waals surface area contributed by atoms with Crippen LogP contribution >= 0.6 is 0 Å². The SMILES string of the molecule is CCC1Cc2c(nn(C)c2-c2cc(C(F)(F)F)nn2C)C(CC)N1C(=O)c1noc2ccccc12. The van der Waals surface area contributed by atoms with Gasteiger partial charge in [0.1, 0.15) is 0 Å². The number of benzene rings is 1. The fourth-order valence-corrected chi connectivity index (χ4v) is 5.13. The lowest BCUT2D eigenvalue weighted by atomic mass is 9.88. The van der Waals surface area contributed by atoms with Gasteiger partial charge in [-0.15, -0.1) is 0 Å². The highest BCUT2D eigenvalue weighted by atomic mass is 19.4. The second-order valence-electron chi connectivity index (χ2n) is 8.80. The van der Waals surface area contributed by atoms with E-state index in [-0.39, 0.29) is 23.7 Å². The van der Waals surface area contributed by atoms with Gasteiger partial charge in [-0.1, -0.05) is 31.1 Å². The van der Waals surface area contributed by atoms with Crippen molar-refractivity contribution in [3.63, 3.8) is 0 Å². The molecule has 11 heteroatoms. The molecule has 2 atom stereocenters. The molecule has 0 bridgehead atoms. The van der Waals surface area contributed by atoms with E-state index in [4.69, 9.17) is 9.62 Å². The molecule has 3 aromatic heterocycles. The zero-order valence-corrected chi connectivity index (χ0v) is 19.8. The number of para-hydroxylation sites is 1. The molecule has 0 saturated carbocycles. The summed E-state index contributed by atoms with van der Waals surface area (Å²) in [6.07, 6.45) is -2.85. The lowest BCUT2D eigenvalue weighted by molar-refractivity contribution is -0.141. The summed E-state index contributed by atoms with van der Waals surface area (Å²) in [5.41, 5.74) is 2.28. The summed E-state index contributed by atoms with van der Waals surface area (Å²) >= 11 is 0. The number of aryl methyl sites for hydroxylation is 2. The van der Waals surface area contributed by atoms with E-state index in [9.17, 15) is 18.0 Å². The van der Waals surface area contributed by atoms with Gasteiger partial charge < -0.3 is 9.42 Å². The third-order valence-electron chi connectivity index (χ3n) is 6.75. The molecular weight excluding hydrogens is 461 g/mol. The van der Waals surface area contributed by atoms with Crippen molar-refractivity contribution in [3.8, 4) is 11.4 Å². The lowest BCUT2D eigenvalue weighted by Crippen LogP contribution is -2.47. The maximum absolute atomic E-state index is 13.8. The molecule has 1 aliphatic heterocycles. The standard InChI is InChI=1S/C24H25F3N6O2/c1-5-13-11-15-20(29-32(4)22(15)17-12-19(24(25,26)27)28-31(17)3)16(6-2)33(13)23(34)21-14-9-7-8-10-18(14)35-30-21/h7-10,12-13,16H,5-6,11H2,1-4H3. The minimum atomic E-state index is -4.55. The Labute approximate surface area is 199 Å². The minimum absolute atomic E-state index is 0.186. The predicted molar refractivity (Wildman–Crippen MR) is 121 cm³/mol. The second-order valence-corrected chi connectivity index (χ2v) is 8.80. The second kappa shape index (κ2) is 8.24. The first-order chi connectivity index (χ1) is 16.7. The number of carbonyl (C=O) groups is 1. The number of carbonyl (C=O) groups excluding carboxylic acids is 1. The summed E-state index contributed by atoms with van der Waals surface area (Å²) in [6, 6.07) is 7.71. The van der Waals surface area contributed by atoms with Gasteiger partial charge in [-0.05, 0) is 37.5 Å². The molecule has 0 saturated heterocycles. The molecule has 4 aromatic rings. The molecule has 35 heavy (non-hydrogen) atoms. The number of hydrogen-bond acceptors (Lipinski definition) is 5. The Bertz CT molecular complexity index is 1420. The van der Waals surface area contributed by atoms with Crippen molar-refractivity contribution in [1.29, 1.82) is 0 Å². The maximum atomic E-state index is 13.8. The average molecular weight is 486 g/mol. The number of fused-ring (bicyclic) bond motifs is 2. The largest absolute Gasteiger partial charge is 0.435 e. The summed E-state index contributed by atoms with van der Waals surface area (Å²) in [7, 11) is 3.20. The van der Waals surface area contributed by atoms with Crippen molar-refractivity contribution in [2.24, 2.45) is 14.1 Å². The highest BCUT2D eigenvalue weighted by Crippen LogP contribution is 2.42. The third-order valence-corrected chi connectivity index (χ3v) is 6.75. The molecule has 1 aliphatic rings. The van der Waals surface area contributed by atoms with E-state index >= 15 is 0 Å². The number of amides is 1. The van der Waals surface area contributed by atoms with Crippen molar-refractivity contribution in [2.75, 3.05) is 0 Å². The van der Waals surface area contributed by atoms with Crippen LogP contribution in [0.4, 0.5) is 13.2 Å². The van der Waals surface area contributed by atoms with Crippen LogP contribution in [0, 0.1) is 0 Å². The fraction of sp³-hybridized carbons (Fsp3) is 0.417. The summed E-state index contributed by atoms with van der Waals surface area (Å²) in [5, 5.41) is 13.1. The Morgan fingerprint density at radius 1 is 1.11 bits per heavy atom. The molecule has 0 aliphatic carbocycles. The topological polar surface area (TPSA) is 82.0 Å². The zero-order chi connectivity index (χ0) is 25.1. The van der Waals surface area contributed by atoms with Gasteiger partial charge in [-0.3, -0.25) is 14.2 Å². The first-order valence-corrected chi connectivity index (χ1v) is 11.5. The average Bonchev–Trinajstić information content (AvgIpc) is 3.51. The van der Waals surface area contributed by atoms with E-state index < -0.39 is 11.9 Å². The Kier molecular flexibility index (Phi) is 5.45. The van der Waals surface area contributed by atoms with Crippen LogP contribution in [0.1, 0.15) is 60.2 Å². The number of aromatic nitrogens is 5. The van der Waals surface area contributed by atoms with Crippen LogP contribution in [0.15, 0.2) is 34.9 Å². The van der Waals surface area contributed by atoms with Crippen LogP contribution in [0.5, 0.6) is 0 Å². The molecule has 1 amide bonds. The van der Waals surface area contributed by atoms with Gasteiger partial charge in [-0.25, -0.2) is 0 Å². The number of halogens is 3. The molecule has 184 valence electrons. The number of hydrogen-bond donors (Lipinski definition) is 0. The van der Waals surface area contributed by atoms with Crippen LogP contribution in [-0.4, -0.2) is 41.6 Å². The third kappa shape index (κ3) is 3.60. The molecule has 0 fully saturated rings. The smallest absolute Gasteiger partial charge is 0.355 e. The molecule has 0 N–H and O–H groups in total. The zero-order valence-electron chi connectivity index (χ0n) is 19.8. The Morgan fingerprint density at radius 2 is 1.86 bits per heavy atom. The van der Waals surface area contributed by atoms with Gasteiger partial charge in [0.25, 0.3) is 5.91 Å². The monoisotopic (exact) mass is 486 g/mol. The molecule has 0 spiro atoms. The minimum Gasteiger partial charge on any atom is -0.355 e. The van der Waals surface area contributed by atoms with E-state index in [1.165, 1.54) is 11.7 Å². The maximum Gasteiger partial charge on any atom is 0.435 e. The van der Waals surface area contributed by atoms with Gasteiger partial charge in [0.2, 0.25) is 0 Å². The van der Waals surface area contributed by atoms with Gasteiger partial charge in [0.15, 0.2) is 17.0 Å². The first-order valence-electron chi connectivity index (χ1n) is 11.5. The number of rotatable bonds is 4. The Balaban J connectivity index is 1.61. The molecule has 1 aromatic carbocycles. The fourth-order valence-electron chi connectivity index (χ4n) is 5.13. The van der Waals surface area contributed by atoms with Crippen LogP contribution in [0.25, 0.3) is 22.4 Å². The van der Waals surface area contributed by atoms with Crippen molar-refractivity contribution >= 4 is 16.9 Å². The Hall–Kier alpha value is -3.63. The van der Waals surface area contributed by atoms with E-state index in [1.54, 1.807) is 23.9 Å². The molecule has 2 unspecified atom stereocenters. The van der Waals surface area contributed by atoms with Gasteiger partial charge in [0.05, 0.1) is 28.5 Å². The van der Waals surface area contributed by atoms with Crippen molar-refractivity contribution in [3.05, 3.63) is 53.0 Å². The van der Waals surface area contributed by atoms with E-state index in [2.05, 4.69) is 10.3 Å². The highest BCUT2D eigenvalue weighted by Gasteiger charge is 2.42. The van der Waals surface area contributed by atoms with Crippen LogP contribution < -0.4 is 0 Å². The van der Waals surface area contributed by atoms with Crippen LogP contribution in [0.3, 0.4) is 0 Å². The lowest BCUT2D eigenvalue weighted by Gasteiger charge is -2.40. The van der Waals surface area contributed by atoms with E-state index in [1.807, 2.05) is 30.9 Å². The summed E-state index contributed by atoms with van der Waals surface area (Å²) in [6.45, 7) is 3.96. The highest BCUT2D eigenvalue weighted by molar-refractivity contribution is 6.04. The molecular formula is C24H25F3N6O2. The predicted octanol–water partition coefficient (Wildman–Crippen LogP) is 4.91. The van der Waals surface area contributed by atoms with Gasteiger partial charge >= 0.3 is 6.18 Å². The van der Waals surface area contributed by atoms with Crippen molar-refractivity contribution < 1.29 is 22.5 Å². The summed E-state index contributed by atoms with van der Waals surface area (Å²) in [5.74, 6) is -0.244. The van der Waals surface area contributed by atoms with Crippen molar-refractivity contribution in [2.45, 2.75) is 51.4 Å². The quantitative estimate of drug-likeness (QED) is 0.410. The van der Waals surface area contributed by atoms with E-state index in [0.29, 0.717) is 47.3 Å². The molecule has 0 radical (unpaired) electrons. The first kappa shape index (κ1) is 23.1. The normalized spacial score (nSPS) is 18.3. The Morgan fingerprint density at radius 3 is 2.51 bits per heavy atom. The van der Waals surface area contributed by atoms with Crippen LogP contribution in [0.2, 0.25) is 0 Å². The van der Waals surface area contributed by atoms with E-state index in [0.717, 1.165) is 11.6 Å². The summed E-state index contributed by atoms with van der Waals surface area (Å²) in [4.78, 5) is 15.6. The van der Waals surface area contributed by atoms with Gasteiger partial charge in [0, 0.05) is 25.7 Å². The number of nitrogens with zero attached hydrogens (tertiary/aromatic N) is 6.